The molecule has 0 bridgehead atoms. The first-order valence-electron chi connectivity index (χ1n) is 5.94. The number of benzene rings is 1. The van der Waals surface area contributed by atoms with Gasteiger partial charge in [-0.05, 0) is 23.8 Å². The first kappa shape index (κ1) is 17.9. The third-order valence-corrected chi connectivity index (χ3v) is 2.84. The van der Waals surface area contributed by atoms with Gasteiger partial charge in [-0.3, -0.25) is 4.79 Å². The highest BCUT2D eigenvalue weighted by Gasteiger charge is 2.33. The molecule has 0 aliphatic heterocycles. The number of ether oxygens (including phenoxy) is 1. The Bertz CT molecular complexity index is 569. The van der Waals surface area contributed by atoms with Crippen molar-refractivity contribution in [3.8, 4) is 0 Å². The Morgan fingerprint density at radius 3 is 2.27 bits per heavy atom. The Morgan fingerprint density at radius 2 is 1.82 bits per heavy atom. The molecule has 0 saturated heterocycles. The van der Waals surface area contributed by atoms with E-state index in [4.69, 9.17) is 5.11 Å². The number of rotatable bonds is 5. The number of halogens is 3. The maximum Gasteiger partial charge on any atom is 0.416 e. The number of hydrogen-bond acceptors (Lipinski definition) is 5. The molecule has 0 aromatic heterocycles. The van der Waals surface area contributed by atoms with Gasteiger partial charge in [-0.25, -0.2) is 4.79 Å². The molecular formula is C13H13F3O6. The van der Waals surface area contributed by atoms with Crippen LogP contribution in [-0.4, -0.2) is 40.5 Å². The summed E-state index contributed by atoms with van der Waals surface area (Å²) in [6, 6.07) is 1.71. The van der Waals surface area contributed by atoms with E-state index in [-0.39, 0.29) is 0 Å². The van der Waals surface area contributed by atoms with Crippen LogP contribution in [0.1, 0.15) is 34.0 Å². The van der Waals surface area contributed by atoms with Crippen LogP contribution in [-0.2, 0) is 15.7 Å². The number of methoxy groups -OCH3 is 1. The number of aliphatic hydroxyl groups excluding tert-OH is 2. The summed E-state index contributed by atoms with van der Waals surface area (Å²) in [5.74, 6) is -2.50. The van der Waals surface area contributed by atoms with Crippen molar-refractivity contribution in [3.63, 3.8) is 0 Å². The summed E-state index contributed by atoms with van der Waals surface area (Å²) in [5.41, 5.74) is -2.45. The molecule has 1 rings (SSSR count). The van der Waals surface area contributed by atoms with Crippen LogP contribution in [0.4, 0.5) is 13.2 Å². The third kappa shape index (κ3) is 4.43. The second kappa shape index (κ2) is 6.75. The van der Waals surface area contributed by atoms with E-state index in [1.165, 1.54) is 0 Å². The SMILES string of the molecule is COC(=O)CC(O)C(O)c1cc(C(=O)O)cc(C(F)(F)F)c1. The lowest BCUT2D eigenvalue weighted by Crippen LogP contribution is -2.23. The lowest BCUT2D eigenvalue weighted by atomic mass is 9.97. The fourth-order valence-electron chi connectivity index (χ4n) is 1.70. The lowest BCUT2D eigenvalue weighted by Gasteiger charge is -2.19. The van der Waals surface area contributed by atoms with Crippen molar-refractivity contribution in [3.05, 3.63) is 34.9 Å². The van der Waals surface area contributed by atoms with Gasteiger partial charge in [0.05, 0.1) is 30.8 Å². The zero-order valence-corrected chi connectivity index (χ0v) is 11.3. The summed E-state index contributed by atoms with van der Waals surface area (Å²) in [5, 5.41) is 28.2. The van der Waals surface area contributed by atoms with Crippen molar-refractivity contribution in [1.82, 2.24) is 0 Å². The number of carboxylic acid groups (broad SMARTS) is 1. The monoisotopic (exact) mass is 322 g/mol. The maximum absolute atomic E-state index is 12.7. The summed E-state index contributed by atoms with van der Waals surface area (Å²) < 4.78 is 42.5. The maximum atomic E-state index is 12.7. The highest BCUT2D eigenvalue weighted by molar-refractivity contribution is 5.88. The van der Waals surface area contributed by atoms with E-state index in [2.05, 4.69) is 4.74 Å². The molecule has 22 heavy (non-hydrogen) atoms. The summed E-state index contributed by atoms with van der Waals surface area (Å²) in [4.78, 5) is 21.9. The molecule has 0 saturated carbocycles. The molecule has 0 fully saturated rings. The zero-order chi connectivity index (χ0) is 17.1. The van der Waals surface area contributed by atoms with Crippen LogP contribution in [0.5, 0.6) is 0 Å². The minimum Gasteiger partial charge on any atom is -0.478 e. The minimum absolute atomic E-state index is 0.408. The van der Waals surface area contributed by atoms with Gasteiger partial charge >= 0.3 is 18.1 Å². The first-order chi connectivity index (χ1) is 10.1. The van der Waals surface area contributed by atoms with Crippen LogP contribution < -0.4 is 0 Å². The summed E-state index contributed by atoms with van der Waals surface area (Å²) in [7, 11) is 1.04. The van der Waals surface area contributed by atoms with Crippen LogP contribution in [0.3, 0.4) is 0 Å². The summed E-state index contributed by atoms with van der Waals surface area (Å²) in [6.07, 6.45) is -9.10. The van der Waals surface area contributed by atoms with Crippen LogP contribution in [0.15, 0.2) is 18.2 Å². The largest absolute Gasteiger partial charge is 0.478 e. The summed E-state index contributed by atoms with van der Waals surface area (Å²) >= 11 is 0. The lowest BCUT2D eigenvalue weighted by molar-refractivity contribution is -0.145. The van der Waals surface area contributed by atoms with Crippen LogP contribution in [0.2, 0.25) is 0 Å². The quantitative estimate of drug-likeness (QED) is 0.707. The second-order valence-corrected chi connectivity index (χ2v) is 4.44. The van der Waals surface area contributed by atoms with Crippen molar-refractivity contribution in [2.75, 3.05) is 7.11 Å². The van der Waals surface area contributed by atoms with Gasteiger partial charge in [0.1, 0.15) is 6.10 Å². The second-order valence-electron chi connectivity index (χ2n) is 4.44. The van der Waals surface area contributed by atoms with Crippen molar-refractivity contribution in [2.24, 2.45) is 0 Å². The first-order valence-corrected chi connectivity index (χ1v) is 5.94. The number of aromatic carboxylic acids is 1. The molecule has 122 valence electrons. The van der Waals surface area contributed by atoms with E-state index >= 15 is 0 Å². The molecule has 0 amide bonds. The van der Waals surface area contributed by atoms with Crippen molar-refractivity contribution in [2.45, 2.75) is 24.8 Å². The van der Waals surface area contributed by atoms with E-state index in [9.17, 15) is 33.0 Å². The van der Waals surface area contributed by atoms with Crippen molar-refractivity contribution >= 4 is 11.9 Å². The van der Waals surface area contributed by atoms with Gasteiger partial charge < -0.3 is 20.1 Å². The number of esters is 1. The Morgan fingerprint density at radius 1 is 1.23 bits per heavy atom. The highest BCUT2D eigenvalue weighted by atomic mass is 19.4. The average Bonchev–Trinajstić information content (AvgIpc) is 2.44. The van der Waals surface area contributed by atoms with Gasteiger partial charge in [0.25, 0.3) is 0 Å². The standard InChI is InChI=1S/C13H13F3O6/c1-22-10(18)5-9(17)11(19)6-2-7(12(20)21)4-8(3-6)13(14,15)16/h2-4,9,11,17,19H,5H2,1H3,(H,20,21). The van der Waals surface area contributed by atoms with Crippen molar-refractivity contribution in [1.29, 1.82) is 0 Å². The molecule has 6 nitrogen and oxygen atoms in total. The number of carbonyl (C=O) groups is 2. The number of carboxylic acids is 1. The van der Waals surface area contributed by atoms with Gasteiger partial charge in [0, 0.05) is 0 Å². The number of aliphatic hydroxyl groups is 2. The van der Waals surface area contributed by atoms with Crippen molar-refractivity contribution < 1.29 is 42.8 Å². The van der Waals surface area contributed by atoms with Crippen LogP contribution >= 0.6 is 0 Å². The number of carbonyl (C=O) groups excluding carboxylic acids is 1. The van der Waals surface area contributed by atoms with Crippen LogP contribution in [0.25, 0.3) is 0 Å². The Hall–Kier alpha value is -2.13. The number of hydrogen-bond donors (Lipinski definition) is 3. The molecule has 0 radical (unpaired) electrons. The Kier molecular flexibility index (Phi) is 5.50. The molecule has 2 unspecified atom stereocenters. The molecule has 0 spiro atoms. The predicted octanol–water partition coefficient (Wildman–Crippen LogP) is 1.36. The van der Waals surface area contributed by atoms with Gasteiger partial charge in [0.2, 0.25) is 0 Å². The van der Waals surface area contributed by atoms with Gasteiger partial charge in [-0.2, -0.15) is 13.2 Å². The predicted molar refractivity (Wildman–Crippen MR) is 66.0 cm³/mol. The molecule has 0 aliphatic rings. The van der Waals surface area contributed by atoms with Crippen LogP contribution in [0, 0.1) is 0 Å². The zero-order valence-electron chi connectivity index (χ0n) is 11.3. The Balaban J connectivity index is 3.19. The Labute approximate surface area is 122 Å². The molecule has 0 aliphatic carbocycles. The normalized spacial score (nSPS) is 14.3. The van der Waals surface area contributed by atoms with Gasteiger partial charge in [0.15, 0.2) is 0 Å². The molecule has 0 heterocycles. The van der Waals surface area contributed by atoms with Gasteiger partial charge in [-0.15, -0.1) is 0 Å². The average molecular weight is 322 g/mol. The third-order valence-electron chi connectivity index (χ3n) is 2.84. The van der Waals surface area contributed by atoms with E-state index in [1.807, 2.05) is 0 Å². The fourth-order valence-corrected chi connectivity index (χ4v) is 1.70. The minimum atomic E-state index is -4.83. The molecular weight excluding hydrogens is 309 g/mol. The van der Waals surface area contributed by atoms with Gasteiger partial charge in [-0.1, -0.05) is 0 Å². The van der Waals surface area contributed by atoms with E-state index < -0.39 is 53.4 Å². The highest BCUT2D eigenvalue weighted by Crippen LogP contribution is 2.33. The van der Waals surface area contributed by atoms with E-state index in [0.717, 1.165) is 13.2 Å². The summed E-state index contributed by atoms with van der Waals surface area (Å²) in [6.45, 7) is 0. The molecule has 1 aromatic carbocycles. The molecule has 1 aromatic rings. The fraction of sp³-hybridized carbons (Fsp3) is 0.385. The smallest absolute Gasteiger partial charge is 0.416 e. The number of alkyl halides is 3. The molecule has 2 atom stereocenters. The topological polar surface area (TPSA) is 104 Å². The van der Waals surface area contributed by atoms with E-state index in [1.54, 1.807) is 0 Å². The van der Waals surface area contributed by atoms with E-state index in [0.29, 0.717) is 12.1 Å². The molecule has 9 heteroatoms. The molecule has 3 N–H and O–H groups in total.